The Morgan fingerprint density at radius 1 is 0.425 bits per heavy atom. The first-order valence-corrected chi connectivity index (χ1v) is 42.1. The van der Waals surface area contributed by atoms with E-state index in [1.54, 1.807) is 88.5 Å². The van der Waals surface area contributed by atoms with Gasteiger partial charge in [-0.05, 0) is 126 Å². The molecule has 2 heterocycles. The number of nitrogens with zero attached hydrogens (tertiary/aromatic N) is 1. The molecule has 45 heteroatoms. The van der Waals surface area contributed by atoms with Crippen LogP contribution in [0, 0.1) is 17.8 Å². The summed E-state index contributed by atoms with van der Waals surface area (Å²) in [6.07, 6.45) is 0.547. The van der Waals surface area contributed by atoms with E-state index in [1.165, 1.54) is 20.8 Å². The van der Waals surface area contributed by atoms with Gasteiger partial charge in [0.05, 0.1) is 39.0 Å². The normalized spacial score (nSPS) is 15.5. The summed E-state index contributed by atoms with van der Waals surface area (Å²) in [7, 11) is 0. The minimum atomic E-state index is -1.80. The maximum Gasteiger partial charge on any atom is 0.322 e. The molecule has 704 valence electrons. The summed E-state index contributed by atoms with van der Waals surface area (Å²) in [6.45, 7) is 6.32. The summed E-state index contributed by atoms with van der Waals surface area (Å²) in [5.41, 5.74) is 18.9. The second kappa shape index (κ2) is 55.2. The zero-order valence-electron chi connectivity index (χ0n) is 72.4. The van der Waals surface area contributed by atoms with Crippen molar-refractivity contribution < 1.29 is 122 Å². The molecule has 0 bridgehead atoms. The second-order valence-corrected chi connectivity index (χ2v) is 32.0. The Hall–Kier alpha value is -12.3. The molecule has 0 unspecified atom stereocenters. The third-order valence-electron chi connectivity index (χ3n) is 20.4. The number of aliphatic hydroxyl groups excluding tert-OH is 3. The predicted octanol–water partition coefficient (Wildman–Crippen LogP) is -6.75. The summed E-state index contributed by atoms with van der Waals surface area (Å²) >= 11 is 0. The number of carbonyl (C=O) groups excluding carboxylic acids is 16. The van der Waals surface area contributed by atoms with Crippen molar-refractivity contribution in [3.63, 3.8) is 0 Å². The van der Waals surface area contributed by atoms with Gasteiger partial charge >= 0.3 is 17.9 Å². The van der Waals surface area contributed by atoms with Crippen LogP contribution < -0.4 is 97.0 Å². The number of benzene rings is 2. The maximum atomic E-state index is 15.1. The average Bonchev–Trinajstić information content (AvgIpc) is 1.72. The molecule has 28 N–H and O–H groups in total. The molecule has 1 saturated heterocycles. The van der Waals surface area contributed by atoms with E-state index in [-0.39, 0.29) is 82.7 Å². The van der Waals surface area contributed by atoms with Gasteiger partial charge in [0.15, 0.2) is 0 Å². The van der Waals surface area contributed by atoms with E-state index in [2.05, 4.69) is 79.4 Å². The summed E-state index contributed by atoms with van der Waals surface area (Å²) in [6, 6.07) is -6.22. The van der Waals surface area contributed by atoms with Crippen LogP contribution >= 0.6 is 0 Å². The van der Waals surface area contributed by atoms with Gasteiger partial charge in [0.1, 0.15) is 85.1 Å². The molecule has 1 fully saturated rings. The topological polar surface area (TPSA) is 723 Å². The number of aromatic nitrogens is 1. The number of unbranched alkanes of at least 4 members (excludes halogenated alkanes) is 2. The zero-order valence-corrected chi connectivity index (χ0v) is 72.4. The van der Waals surface area contributed by atoms with Crippen molar-refractivity contribution in [1.29, 1.82) is 0 Å². The van der Waals surface area contributed by atoms with E-state index in [0.29, 0.717) is 47.8 Å². The fraction of sp³-hybridized carbons (Fsp3) is 0.598. The van der Waals surface area contributed by atoms with Crippen LogP contribution in [-0.4, -0.2) is 297 Å². The van der Waals surface area contributed by atoms with Crippen LogP contribution in [0.1, 0.15) is 149 Å². The van der Waals surface area contributed by atoms with Crippen LogP contribution in [-0.2, 0) is 104 Å². The van der Waals surface area contributed by atoms with Gasteiger partial charge in [-0.15, -0.1) is 0 Å². The Morgan fingerprint density at radius 2 is 0.858 bits per heavy atom. The number of aliphatic carboxylic acids is 3. The summed E-state index contributed by atoms with van der Waals surface area (Å²) in [5, 5.41) is 95.7. The van der Waals surface area contributed by atoms with Gasteiger partial charge in [-0.1, -0.05) is 96.5 Å². The number of carboxylic acid groups (broad SMARTS) is 3. The first kappa shape index (κ1) is 107. The minimum absolute atomic E-state index is 0.00262. The predicted molar refractivity (Wildman–Crippen MR) is 455 cm³/mol. The molecule has 45 nitrogen and oxygen atoms in total. The molecule has 0 spiro atoms. The highest BCUT2D eigenvalue weighted by atomic mass is 16.4. The zero-order chi connectivity index (χ0) is 94.7. The van der Waals surface area contributed by atoms with Crippen molar-refractivity contribution in [3.05, 3.63) is 71.9 Å². The van der Waals surface area contributed by atoms with E-state index in [0.717, 1.165) is 4.90 Å². The fourth-order valence-corrected chi connectivity index (χ4v) is 13.4. The van der Waals surface area contributed by atoms with E-state index in [4.69, 9.17) is 22.3 Å². The number of carboxylic acids is 3. The number of nitrogens with two attached hydrogens (primary N) is 3. The van der Waals surface area contributed by atoms with Crippen molar-refractivity contribution in [1.82, 2.24) is 89.6 Å². The monoisotopic (exact) mass is 1790 g/mol. The maximum absolute atomic E-state index is 15.1. The van der Waals surface area contributed by atoms with Gasteiger partial charge in [0.25, 0.3) is 0 Å². The van der Waals surface area contributed by atoms with Gasteiger partial charge in [0, 0.05) is 49.3 Å². The molecule has 127 heavy (non-hydrogen) atoms. The summed E-state index contributed by atoms with van der Waals surface area (Å²) in [5.74, 6) is -21.4. The number of H-pyrrole nitrogens is 1. The van der Waals surface area contributed by atoms with Gasteiger partial charge < -0.3 is 137 Å². The molecule has 1 aliphatic rings. The van der Waals surface area contributed by atoms with E-state index < -0.39 is 268 Å². The summed E-state index contributed by atoms with van der Waals surface area (Å²) < 4.78 is 0. The van der Waals surface area contributed by atoms with Gasteiger partial charge in [-0.3, -0.25) is 91.1 Å². The highest BCUT2D eigenvalue weighted by molar-refractivity contribution is 6.01. The lowest BCUT2D eigenvalue weighted by Gasteiger charge is -2.29. The van der Waals surface area contributed by atoms with Crippen molar-refractivity contribution >= 4 is 123 Å². The summed E-state index contributed by atoms with van der Waals surface area (Å²) in [4.78, 5) is 262. The van der Waals surface area contributed by atoms with E-state index in [9.17, 15) is 112 Å². The quantitative estimate of drug-likeness (QED) is 0.0234. The fourth-order valence-electron chi connectivity index (χ4n) is 13.4. The van der Waals surface area contributed by atoms with Gasteiger partial charge in [-0.2, -0.15) is 0 Å². The number of para-hydroxylation sites is 1. The van der Waals surface area contributed by atoms with Crippen molar-refractivity contribution in [2.45, 2.75) is 236 Å². The standard InChI is InChI=1S/C82H126N20O25/c1-43(2)32-55(76(121)94-56(33-44(3)4)77(122)98-59(40-103)71(116)88-37-63(106)87-38-64(107)102-31-17-24-62(102)81(126)100-61(42-105)80(125)99-60(41-104)72(117)89-39-67(112)113)95-78(123)58(35-48-36-86-51-22-12-11-20-49(48)51)97-75(120)54(26-28-66(110)111)93-82(127)68(45(5)6)101-79(124)57(34-47-18-9-8-10-19-47)96-74(119)53(25-27-65(108)109)92-73(118)52(23-14-16-30-84)91-69(114)46(7)90-70(115)50(85)21-13-15-29-83/h8-12,18-20,22,36,43-46,50,52-62,68,86,103-105H,13-17,21,23-35,37-42,83-85H2,1-7H3,(H,87,106)(H,88,116)(H,89,117)(H,90,115)(H,91,114)(H,92,118)(H,93,127)(H,94,121)(H,95,123)(H,96,119)(H,97,120)(H,98,122)(H,99,125)(H,100,126)(H,101,124)(H,108,109)(H,110,111)(H,112,113)/t46-,50-,52-,53-,54-,55-,56-,57-,58-,59-,60-,61-,62-,68-/m0/s1. The third-order valence-corrected chi connectivity index (χ3v) is 20.4. The molecule has 0 radical (unpaired) electrons. The molecule has 14 atom stereocenters. The van der Waals surface area contributed by atoms with Crippen molar-refractivity contribution in [2.75, 3.05) is 59.1 Å². The lowest BCUT2D eigenvalue weighted by atomic mass is 9.98. The Balaban J connectivity index is 1.55. The largest absolute Gasteiger partial charge is 0.481 e. The Morgan fingerprint density at radius 3 is 1.37 bits per heavy atom. The Bertz CT molecular complexity index is 4250. The van der Waals surface area contributed by atoms with Crippen molar-refractivity contribution in [3.8, 4) is 0 Å². The molecule has 3 aromatic rings. The first-order valence-electron chi connectivity index (χ1n) is 42.1. The SMILES string of the molecule is CC(C)C[C@H](NC(=O)[C@H](CC(C)C)NC(=O)[C@H](Cc1c[nH]c2ccccc12)NC(=O)[C@H](CCC(=O)O)NC(=O)[C@@H](NC(=O)[C@H](Cc1ccccc1)NC(=O)[C@H](CCC(=O)O)NC(=O)[C@H](CCCCN)NC(=O)[C@H](C)NC(=O)[C@@H](N)CCCCN)C(C)C)C(=O)N[C@@H](CO)C(=O)NCC(=O)NCC(=O)N1CCC[C@H]1C(=O)N[C@@H](CO)C(=O)N[C@@H](CO)C(=O)NCC(=O)O. The number of nitrogens with one attached hydrogen (secondary N) is 16. The molecule has 0 saturated carbocycles. The molecule has 16 amide bonds. The van der Waals surface area contributed by atoms with E-state index >= 15 is 4.79 Å². The number of aliphatic hydroxyl groups is 3. The molecular weight excluding hydrogens is 1670 g/mol. The Labute approximate surface area is 733 Å². The van der Waals surface area contributed by atoms with Gasteiger partial charge in [-0.25, -0.2) is 0 Å². The molecule has 0 aliphatic carbocycles. The molecule has 1 aromatic heterocycles. The van der Waals surface area contributed by atoms with Crippen LogP contribution in [0.25, 0.3) is 10.9 Å². The lowest BCUT2D eigenvalue weighted by Crippen LogP contribution is -2.62. The third kappa shape index (κ3) is 37.4. The first-order chi connectivity index (χ1) is 60.1. The van der Waals surface area contributed by atoms with Crippen molar-refractivity contribution in [2.24, 2.45) is 35.0 Å². The number of hydrogen-bond acceptors (Lipinski definition) is 25. The van der Waals surface area contributed by atoms with Crippen LogP contribution in [0.15, 0.2) is 60.8 Å². The average molecular weight is 1790 g/mol. The second-order valence-electron chi connectivity index (χ2n) is 32.0. The number of fused-ring (bicyclic) bond motifs is 1. The Kier molecular flexibility index (Phi) is 46.5. The van der Waals surface area contributed by atoms with Gasteiger partial charge in [0.2, 0.25) is 94.5 Å². The molecule has 4 rings (SSSR count). The number of rotatable bonds is 58. The molecular formula is C82H126N20O25. The van der Waals surface area contributed by atoms with Crippen LogP contribution in [0.2, 0.25) is 0 Å². The number of hydrogen-bond donors (Lipinski definition) is 25. The minimum Gasteiger partial charge on any atom is -0.481 e. The number of aromatic amines is 1. The van der Waals surface area contributed by atoms with Crippen LogP contribution in [0.3, 0.4) is 0 Å². The van der Waals surface area contributed by atoms with Crippen LogP contribution in [0.4, 0.5) is 0 Å². The number of carbonyl (C=O) groups is 19. The van der Waals surface area contributed by atoms with Crippen LogP contribution in [0.5, 0.6) is 0 Å². The number of amides is 16. The highest BCUT2D eigenvalue weighted by Crippen LogP contribution is 2.22. The highest BCUT2D eigenvalue weighted by Gasteiger charge is 2.41. The van der Waals surface area contributed by atoms with E-state index in [1.807, 2.05) is 5.32 Å². The number of likely N-dealkylation sites (tertiary alicyclic amines) is 1. The molecule has 2 aromatic carbocycles. The lowest BCUT2D eigenvalue weighted by molar-refractivity contribution is -0.140. The smallest absolute Gasteiger partial charge is 0.322 e. The molecule has 1 aliphatic heterocycles.